The fourth-order valence-electron chi connectivity index (χ4n) is 7.34. The zero-order valence-electron chi connectivity index (χ0n) is 25.9. The molecule has 0 saturated carbocycles. The average Bonchev–Trinajstić information content (AvgIpc) is 3.43. The van der Waals surface area contributed by atoms with Gasteiger partial charge in [0.1, 0.15) is 5.75 Å². The minimum absolute atomic E-state index is 0.0203. The molecule has 5 rings (SSSR count). The lowest BCUT2D eigenvalue weighted by Gasteiger charge is -2.38. The van der Waals surface area contributed by atoms with E-state index in [0.29, 0.717) is 70.0 Å². The van der Waals surface area contributed by atoms with Gasteiger partial charge in [0.2, 0.25) is 5.91 Å². The first-order chi connectivity index (χ1) is 20.9. The summed E-state index contributed by atoms with van der Waals surface area (Å²) in [6.45, 7) is 8.76. The fraction of sp³-hybridized carbons (Fsp3) is 0.588. The molecule has 0 aromatic heterocycles. The number of carboxylic acids is 1. The van der Waals surface area contributed by atoms with Crippen molar-refractivity contribution >= 4 is 17.6 Å². The number of rotatable bonds is 8. The lowest BCUT2D eigenvalue weighted by atomic mass is 9.84. The molecular weight excluding hydrogens is 571 g/mol. The number of amides is 1. The largest absolute Gasteiger partial charge is 0.497 e. The molecule has 0 bridgehead atoms. The van der Waals surface area contributed by atoms with E-state index in [1.165, 1.54) is 6.07 Å². The summed E-state index contributed by atoms with van der Waals surface area (Å²) in [6, 6.07) is 12.0. The Morgan fingerprint density at radius 2 is 1.61 bits per heavy atom. The van der Waals surface area contributed by atoms with Crippen LogP contribution in [-0.2, 0) is 15.8 Å². The zero-order valence-corrected chi connectivity index (χ0v) is 25.9. The number of anilines is 1. The van der Waals surface area contributed by atoms with Crippen molar-refractivity contribution in [2.75, 3.05) is 57.8 Å². The summed E-state index contributed by atoms with van der Waals surface area (Å²) in [5.74, 6) is 0.0497. The van der Waals surface area contributed by atoms with Gasteiger partial charge in [0, 0.05) is 57.4 Å². The molecule has 3 fully saturated rings. The smallest absolute Gasteiger partial charge is 0.416 e. The molecule has 1 amide bonds. The Morgan fingerprint density at radius 3 is 2.18 bits per heavy atom. The molecule has 0 aliphatic carbocycles. The van der Waals surface area contributed by atoms with Crippen molar-refractivity contribution in [3.8, 4) is 5.75 Å². The molecule has 44 heavy (non-hydrogen) atoms. The standard InChI is InChI=1S/C34H44F3N3O4/c1-22(2)19-38-20-29(23-4-7-27(44-3)8-5-23)30(21-38)32(41)40-16-10-24(11-17-40)28-9-6-26(34(35,36)37)18-31(28)39-14-12-25(13-15-39)33(42)43/h4-9,18,22,24-25,29-30H,10-17,19-21H2,1-3H3,(H,42,43)/t29-,30+/m0/s1. The van der Waals surface area contributed by atoms with Crippen LogP contribution in [0.3, 0.4) is 0 Å². The average molecular weight is 616 g/mol. The first-order valence-electron chi connectivity index (χ1n) is 15.8. The van der Waals surface area contributed by atoms with E-state index < -0.39 is 23.6 Å². The van der Waals surface area contributed by atoms with Crippen LogP contribution in [0.5, 0.6) is 5.75 Å². The summed E-state index contributed by atoms with van der Waals surface area (Å²) in [5, 5.41) is 9.40. The molecule has 0 unspecified atom stereocenters. The molecule has 0 spiro atoms. The third kappa shape index (κ3) is 7.16. The molecule has 1 N–H and O–H groups in total. The fourth-order valence-corrected chi connectivity index (χ4v) is 7.34. The van der Waals surface area contributed by atoms with Crippen LogP contribution in [0.15, 0.2) is 42.5 Å². The predicted octanol–water partition coefficient (Wildman–Crippen LogP) is 6.09. The molecule has 0 radical (unpaired) electrons. The van der Waals surface area contributed by atoms with Gasteiger partial charge >= 0.3 is 12.1 Å². The SMILES string of the molecule is COc1ccc([C@@H]2CN(CC(C)C)C[C@H]2C(=O)N2CCC(c3ccc(C(F)(F)F)cc3N3CCC(C(=O)O)CC3)CC2)cc1. The van der Waals surface area contributed by atoms with Crippen molar-refractivity contribution in [3.05, 3.63) is 59.2 Å². The predicted molar refractivity (Wildman–Crippen MR) is 163 cm³/mol. The summed E-state index contributed by atoms with van der Waals surface area (Å²) >= 11 is 0. The van der Waals surface area contributed by atoms with Crippen LogP contribution in [-0.4, -0.2) is 79.7 Å². The van der Waals surface area contributed by atoms with Crippen LogP contribution >= 0.6 is 0 Å². The number of aliphatic carboxylic acids is 1. The number of hydrogen-bond acceptors (Lipinski definition) is 5. The van der Waals surface area contributed by atoms with Gasteiger partial charge in [0.15, 0.2) is 0 Å². The lowest BCUT2D eigenvalue weighted by Crippen LogP contribution is -2.43. The number of benzene rings is 2. The molecule has 10 heteroatoms. The van der Waals surface area contributed by atoms with E-state index in [9.17, 15) is 27.9 Å². The summed E-state index contributed by atoms with van der Waals surface area (Å²) in [7, 11) is 1.64. The Morgan fingerprint density at radius 1 is 0.955 bits per heavy atom. The molecule has 2 aromatic rings. The van der Waals surface area contributed by atoms with Gasteiger partial charge in [-0.2, -0.15) is 13.2 Å². The maximum Gasteiger partial charge on any atom is 0.416 e. The van der Waals surface area contributed by atoms with Gasteiger partial charge in [0.25, 0.3) is 0 Å². The lowest BCUT2D eigenvalue weighted by molar-refractivity contribution is -0.142. The number of piperidine rings is 2. The van der Waals surface area contributed by atoms with Crippen molar-refractivity contribution < 1.29 is 32.6 Å². The second-order valence-corrected chi connectivity index (χ2v) is 13.1. The van der Waals surface area contributed by atoms with Crippen LogP contribution < -0.4 is 9.64 Å². The number of methoxy groups -OCH3 is 1. The molecule has 2 aromatic carbocycles. The molecular formula is C34H44F3N3O4. The first-order valence-corrected chi connectivity index (χ1v) is 15.8. The molecule has 3 aliphatic heterocycles. The minimum Gasteiger partial charge on any atom is -0.497 e. The van der Waals surface area contributed by atoms with E-state index in [-0.39, 0.29) is 23.7 Å². The number of carbonyl (C=O) groups is 2. The van der Waals surface area contributed by atoms with Crippen LogP contribution in [0, 0.1) is 17.8 Å². The Kier molecular flexibility index (Phi) is 9.77. The zero-order chi connectivity index (χ0) is 31.6. The molecule has 240 valence electrons. The van der Waals surface area contributed by atoms with E-state index in [4.69, 9.17) is 4.74 Å². The van der Waals surface area contributed by atoms with E-state index in [1.807, 2.05) is 21.9 Å². The second-order valence-electron chi connectivity index (χ2n) is 13.1. The van der Waals surface area contributed by atoms with E-state index in [0.717, 1.165) is 36.0 Å². The third-order valence-corrected chi connectivity index (χ3v) is 9.67. The van der Waals surface area contributed by atoms with Gasteiger partial charge < -0.3 is 24.5 Å². The molecule has 3 saturated heterocycles. The van der Waals surface area contributed by atoms with E-state index >= 15 is 0 Å². The monoisotopic (exact) mass is 615 g/mol. The Labute approximate surface area is 258 Å². The highest BCUT2D eigenvalue weighted by atomic mass is 19.4. The van der Waals surface area contributed by atoms with Crippen LogP contribution in [0.4, 0.5) is 18.9 Å². The topological polar surface area (TPSA) is 73.3 Å². The third-order valence-electron chi connectivity index (χ3n) is 9.67. The van der Waals surface area contributed by atoms with Gasteiger partial charge in [-0.25, -0.2) is 0 Å². The van der Waals surface area contributed by atoms with Gasteiger partial charge in [-0.15, -0.1) is 0 Å². The van der Waals surface area contributed by atoms with Gasteiger partial charge in [-0.3, -0.25) is 9.59 Å². The highest BCUT2D eigenvalue weighted by Crippen LogP contribution is 2.41. The normalized spacial score (nSPS) is 22.5. The maximum absolute atomic E-state index is 14.0. The number of carboxylic acid groups (broad SMARTS) is 1. The highest BCUT2D eigenvalue weighted by molar-refractivity contribution is 5.81. The Balaban J connectivity index is 1.31. The molecule has 3 aliphatic rings. The van der Waals surface area contributed by atoms with Crippen molar-refractivity contribution in [3.63, 3.8) is 0 Å². The molecule has 3 heterocycles. The van der Waals surface area contributed by atoms with Crippen LogP contribution in [0.25, 0.3) is 0 Å². The van der Waals surface area contributed by atoms with E-state index in [1.54, 1.807) is 13.2 Å². The Hall–Kier alpha value is -3.27. The van der Waals surface area contributed by atoms with E-state index in [2.05, 4.69) is 30.9 Å². The summed E-state index contributed by atoms with van der Waals surface area (Å²) < 4.78 is 46.5. The van der Waals surface area contributed by atoms with Crippen LogP contribution in [0.2, 0.25) is 0 Å². The number of alkyl halides is 3. The number of ether oxygens (including phenoxy) is 1. The second kappa shape index (κ2) is 13.4. The number of nitrogens with zero attached hydrogens (tertiary/aromatic N) is 3. The summed E-state index contributed by atoms with van der Waals surface area (Å²) in [4.78, 5) is 31.8. The first kappa shape index (κ1) is 32.1. The van der Waals surface area contributed by atoms with Crippen LogP contribution in [0.1, 0.15) is 68.1 Å². The Bertz CT molecular complexity index is 1300. The van der Waals surface area contributed by atoms with Crippen molar-refractivity contribution in [2.45, 2.75) is 57.5 Å². The van der Waals surface area contributed by atoms with Crippen molar-refractivity contribution in [1.29, 1.82) is 0 Å². The minimum atomic E-state index is -4.46. The van der Waals surface area contributed by atoms with Gasteiger partial charge in [-0.1, -0.05) is 32.0 Å². The van der Waals surface area contributed by atoms with Gasteiger partial charge in [-0.05, 0) is 72.9 Å². The number of carbonyl (C=O) groups excluding carboxylic acids is 1. The highest BCUT2D eigenvalue weighted by Gasteiger charge is 2.41. The van der Waals surface area contributed by atoms with Crippen molar-refractivity contribution in [1.82, 2.24) is 9.80 Å². The quantitative estimate of drug-likeness (QED) is 0.388. The summed E-state index contributed by atoms with van der Waals surface area (Å²) in [5.41, 5.74) is 1.85. The summed E-state index contributed by atoms with van der Waals surface area (Å²) in [6.07, 6.45) is -2.31. The molecule has 7 nitrogen and oxygen atoms in total. The number of likely N-dealkylation sites (tertiary alicyclic amines) is 2. The molecule has 2 atom stereocenters. The van der Waals surface area contributed by atoms with Crippen molar-refractivity contribution in [2.24, 2.45) is 17.8 Å². The number of halogens is 3. The maximum atomic E-state index is 14.0. The number of hydrogen-bond donors (Lipinski definition) is 1. The van der Waals surface area contributed by atoms with Gasteiger partial charge in [0.05, 0.1) is 24.5 Å².